The molecule has 0 bridgehead atoms. The molecule has 0 aliphatic carbocycles. The van der Waals surface area contributed by atoms with E-state index in [9.17, 15) is 0 Å². The van der Waals surface area contributed by atoms with E-state index in [1.165, 1.54) is 4.88 Å². The van der Waals surface area contributed by atoms with Crippen LogP contribution in [0.15, 0.2) is 34.1 Å². The van der Waals surface area contributed by atoms with Crippen molar-refractivity contribution >= 4 is 33.0 Å². The monoisotopic (exact) mass is 341 g/mol. The third-order valence-corrected chi connectivity index (χ3v) is 4.87. The van der Waals surface area contributed by atoms with Gasteiger partial charge in [-0.3, -0.25) is 0 Å². The van der Waals surface area contributed by atoms with E-state index in [1.54, 1.807) is 25.6 Å². The number of halogens is 1. The van der Waals surface area contributed by atoms with Crippen molar-refractivity contribution in [3.63, 3.8) is 0 Å². The number of thiophene rings is 1. The van der Waals surface area contributed by atoms with Crippen LogP contribution < -0.4 is 14.8 Å². The molecule has 0 amide bonds. The Morgan fingerprint density at radius 1 is 1.21 bits per heavy atom. The van der Waals surface area contributed by atoms with E-state index in [4.69, 9.17) is 9.47 Å². The molecule has 0 aliphatic rings. The molecule has 1 atom stereocenters. The molecular weight excluding hydrogens is 326 g/mol. The average molecular weight is 342 g/mol. The van der Waals surface area contributed by atoms with Crippen molar-refractivity contribution in [2.24, 2.45) is 0 Å². The van der Waals surface area contributed by atoms with Gasteiger partial charge in [-0.15, -0.1) is 11.3 Å². The summed E-state index contributed by atoms with van der Waals surface area (Å²) < 4.78 is 11.7. The largest absolute Gasteiger partial charge is 0.497 e. The first-order valence-corrected chi connectivity index (χ1v) is 7.54. The molecule has 2 rings (SSSR count). The SMILES string of the molecule is COc1ccc(NC(C)c2sccc2Br)c(OC)c1. The number of anilines is 1. The van der Waals surface area contributed by atoms with Crippen LogP contribution in [0.4, 0.5) is 5.69 Å². The van der Waals surface area contributed by atoms with Crippen LogP contribution in [-0.2, 0) is 0 Å². The molecule has 0 radical (unpaired) electrons. The highest BCUT2D eigenvalue weighted by atomic mass is 79.9. The van der Waals surface area contributed by atoms with Crippen LogP contribution in [0, 0.1) is 0 Å². The molecule has 0 spiro atoms. The highest BCUT2D eigenvalue weighted by molar-refractivity contribution is 9.10. The summed E-state index contributed by atoms with van der Waals surface area (Å²) in [7, 11) is 3.30. The normalized spacial score (nSPS) is 12.0. The van der Waals surface area contributed by atoms with E-state index in [0.717, 1.165) is 21.7 Å². The molecule has 0 saturated carbocycles. The van der Waals surface area contributed by atoms with Crippen LogP contribution in [0.1, 0.15) is 17.8 Å². The maximum atomic E-state index is 5.39. The number of rotatable bonds is 5. The highest BCUT2D eigenvalue weighted by Gasteiger charge is 2.13. The van der Waals surface area contributed by atoms with E-state index < -0.39 is 0 Å². The van der Waals surface area contributed by atoms with E-state index >= 15 is 0 Å². The number of hydrogen-bond donors (Lipinski definition) is 1. The fraction of sp³-hybridized carbons (Fsp3) is 0.286. The standard InChI is InChI=1S/C14H16BrNO2S/c1-9(14-11(15)6-7-19-14)16-12-5-4-10(17-2)8-13(12)18-3/h4-9,16H,1-3H3. The Balaban J connectivity index is 2.21. The summed E-state index contributed by atoms with van der Waals surface area (Å²) in [6.07, 6.45) is 0. The molecule has 1 heterocycles. The molecule has 1 aromatic heterocycles. The van der Waals surface area contributed by atoms with Crippen LogP contribution >= 0.6 is 27.3 Å². The molecule has 2 aromatic rings. The summed E-state index contributed by atoms with van der Waals surface area (Å²) >= 11 is 5.28. The minimum absolute atomic E-state index is 0.205. The van der Waals surface area contributed by atoms with E-state index in [1.807, 2.05) is 18.2 Å². The number of hydrogen-bond acceptors (Lipinski definition) is 4. The molecule has 5 heteroatoms. The topological polar surface area (TPSA) is 30.5 Å². The Morgan fingerprint density at radius 3 is 2.58 bits per heavy atom. The molecular formula is C14H16BrNO2S. The van der Waals surface area contributed by atoms with Gasteiger partial charge in [-0.1, -0.05) is 0 Å². The minimum atomic E-state index is 0.205. The number of nitrogens with one attached hydrogen (secondary N) is 1. The van der Waals surface area contributed by atoms with Crippen LogP contribution in [0.5, 0.6) is 11.5 Å². The zero-order chi connectivity index (χ0) is 13.8. The maximum Gasteiger partial charge on any atom is 0.145 e. The van der Waals surface area contributed by atoms with Crippen molar-refractivity contribution in [1.29, 1.82) is 0 Å². The van der Waals surface area contributed by atoms with Crippen molar-refractivity contribution in [1.82, 2.24) is 0 Å². The van der Waals surface area contributed by atoms with E-state index in [2.05, 4.69) is 39.6 Å². The van der Waals surface area contributed by atoms with Gasteiger partial charge in [-0.05, 0) is 46.4 Å². The van der Waals surface area contributed by atoms with E-state index in [0.29, 0.717) is 0 Å². The second-order valence-electron chi connectivity index (χ2n) is 4.07. The predicted molar refractivity (Wildman–Crippen MR) is 83.6 cm³/mol. The Hall–Kier alpha value is -1.20. The van der Waals surface area contributed by atoms with Crippen molar-refractivity contribution in [2.45, 2.75) is 13.0 Å². The lowest BCUT2D eigenvalue weighted by Crippen LogP contribution is -2.06. The van der Waals surface area contributed by atoms with Gasteiger partial charge in [0.1, 0.15) is 11.5 Å². The third-order valence-electron chi connectivity index (χ3n) is 2.82. The number of ether oxygens (including phenoxy) is 2. The first-order valence-electron chi connectivity index (χ1n) is 5.87. The van der Waals surface area contributed by atoms with Crippen molar-refractivity contribution in [3.05, 3.63) is 39.0 Å². The average Bonchev–Trinajstić information content (AvgIpc) is 2.85. The van der Waals surface area contributed by atoms with Crippen LogP contribution in [0.25, 0.3) is 0 Å². The fourth-order valence-electron chi connectivity index (χ4n) is 1.83. The van der Waals surface area contributed by atoms with Crippen LogP contribution in [0.3, 0.4) is 0 Å². The summed E-state index contributed by atoms with van der Waals surface area (Å²) in [6, 6.07) is 8.02. The number of methoxy groups -OCH3 is 2. The first kappa shape index (κ1) is 14.2. The van der Waals surface area contributed by atoms with Gasteiger partial charge >= 0.3 is 0 Å². The van der Waals surface area contributed by atoms with Gasteiger partial charge in [0.25, 0.3) is 0 Å². The second-order valence-corrected chi connectivity index (χ2v) is 5.87. The molecule has 19 heavy (non-hydrogen) atoms. The summed E-state index contributed by atoms with van der Waals surface area (Å²) in [4.78, 5) is 1.26. The van der Waals surface area contributed by atoms with Gasteiger partial charge in [-0.2, -0.15) is 0 Å². The smallest absolute Gasteiger partial charge is 0.145 e. The second kappa shape index (κ2) is 6.30. The Labute approximate surface area is 125 Å². The lowest BCUT2D eigenvalue weighted by molar-refractivity contribution is 0.395. The zero-order valence-corrected chi connectivity index (χ0v) is 13.5. The third kappa shape index (κ3) is 3.22. The van der Waals surface area contributed by atoms with Gasteiger partial charge in [0, 0.05) is 15.4 Å². The summed E-state index contributed by atoms with van der Waals surface area (Å²) in [5.41, 5.74) is 0.955. The molecule has 0 aliphatic heterocycles. The zero-order valence-electron chi connectivity index (χ0n) is 11.1. The molecule has 0 saturated heterocycles. The van der Waals surface area contributed by atoms with Gasteiger partial charge in [0.15, 0.2) is 0 Å². The van der Waals surface area contributed by atoms with Gasteiger partial charge < -0.3 is 14.8 Å². The highest BCUT2D eigenvalue weighted by Crippen LogP contribution is 2.35. The molecule has 3 nitrogen and oxygen atoms in total. The van der Waals surface area contributed by atoms with Gasteiger partial charge in [-0.25, -0.2) is 0 Å². The van der Waals surface area contributed by atoms with Gasteiger partial charge in [0.05, 0.1) is 25.9 Å². The summed E-state index contributed by atoms with van der Waals surface area (Å²) in [5.74, 6) is 1.56. The maximum absolute atomic E-state index is 5.39. The molecule has 102 valence electrons. The fourth-order valence-corrected chi connectivity index (χ4v) is 3.56. The van der Waals surface area contributed by atoms with Crippen LogP contribution in [0.2, 0.25) is 0 Å². The Bertz CT molecular complexity index is 556. The quantitative estimate of drug-likeness (QED) is 0.854. The minimum Gasteiger partial charge on any atom is -0.497 e. The Morgan fingerprint density at radius 2 is 2.00 bits per heavy atom. The van der Waals surface area contributed by atoms with Crippen molar-refractivity contribution < 1.29 is 9.47 Å². The van der Waals surface area contributed by atoms with Gasteiger partial charge in [0.2, 0.25) is 0 Å². The lowest BCUT2D eigenvalue weighted by Gasteiger charge is -2.17. The summed E-state index contributed by atoms with van der Waals surface area (Å²) in [5, 5.41) is 5.53. The molecule has 0 fully saturated rings. The molecule has 1 N–H and O–H groups in total. The van der Waals surface area contributed by atoms with E-state index in [-0.39, 0.29) is 6.04 Å². The molecule has 1 aromatic carbocycles. The number of benzene rings is 1. The Kier molecular flexibility index (Phi) is 4.71. The molecule has 1 unspecified atom stereocenters. The summed E-state index contributed by atoms with van der Waals surface area (Å²) in [6.45, 7) is 2.13. The van der Waals surface area contributed by atoms with Crippen LogP contribution in [-0.4, -0.2) is 14.2 Å². The first-order chi connectivity index (χ1) is 9.15. The predicted octanol–water partition coefficient (Wildman–Crippen LogP) is 4.70. The van der Waals surface area contributed by atoms with Crippen molar-refractivity contribution in [3.8, 4) is 11.5 Å². The lowest BCUT2D eigenvalue weighted by atomic mass is 10.2. The van der Waals surface area contributed by atoms with Crippen molar-refractivity contribution in [2.75, 3.05) is 19.5 Å².